The van der Waals surface area contributed by atoms with Crippen molar-refractivity contribution in [2.45, 2.75) is 47.0 Å². The average molecular weight is 364 g/mol. The molecule has 4 heteroatoms. The molecule has 4 nitrogen and oxygen atoms in total. The Morgan fingerprint density at radius 2 is 1.74 bits per heavy atom. The van der Waals surface area contributed by atoms with Crippen LogP contribution in [-0.2, 0) is 16.0 Å². The van der Waals surface area contributed by atoms with Crippen molar-refractivity contribution < 1.29 is 9.59 Å². The fourth-order valence-corrected chi connectivity index (χ4v) is 4.16. The summed E-state index contributed by atoms with van der Waals surface area (Å²) in [6.45, 7) is 8.82. The van der Waals surface area contributed by atoms with Gasteiger partial charge in [0.25, 0.3) is 0 Å². The lowest BCUT2D eigenvalue weighted by Crippen LogP contribution is -2.39. The van der Waals surface area contributed by atoms with Gasteiger partial charge in [-0.05, 0) is 56.4 Å². The number of amides is 2. The van der Waals surface area contributed by atoms with Gasteiger partial charge in [0.05, 0.1) is 0 Å². The Labute approximate surface area is 161 Å². The molecule has 0 atom stereocenters. The van der Waals surface area contributed by atoms with Crippen molar-refractivity contribution in [3.05, 3.63) is 58.7 Å². The van der Waals surface area contributed by atoms with Gasteiger partial charge < -0.3 is 9.80 Å². The SMILES string of the molecule is CC(=O)N(CCC(=O)N1CCCc2ccccc21)c1c(C)cc(C)cc1C. The first-order valence-corrected chi connectivity index (χ1v) is 9.62. The maximum absolute atomic E-state index is 12.9. The van der Waals surface area contributed by atoms with Crippen LogP contribution in [0.2, 0.25) is 0 Å². The molecule has 0 radical (unpaired) electrons. The van der Waals surface area contributed by atoms with Gasteiger partial charge in [-0.1, -0.05) is 35.9 Å². The number of rotatable bonds is 4. The molecule has 0 N–H and O–H groups in total. The summed E-state index contributed by atoms with van der Waals surface area (Å²) in [5.41, 5.74) is 6.49. The largest absolute Gasteiger partial charge is 0.312 e. The molecule has 0 aliphatic carbocycles. The molecule has 2 aromatic carbocycles. The molecule has 0 aromatic heterocycles. The second-order valence-corrected chi connectivity index (χ2v) is 7.45. The first-order valence-electron chi connectivity index (χ1n) is 9.62. The Hall–Kier alpha value is -2.62. The Bertz CT molecular complexity index is 849. The van der Waals surface area contributed by atoms with Crippen LogP contribution in [0.5, 0.6) is 0 Å². The molecular weight excluding hydrogens is 336 g/mol. The van der Waals surface area contributed by atoms with E-state index in [1.807, 2.05) is 36.9 Å². The van der Waals surface area contributed by atoms with Crippen molar-refractivity contribution in [2.75, 3.05) is 22.9 Å². The van der Waals surface area contributed by atoms with Gasteiger partial charge in [0.15, 0.2) is 0 Å². The first kappa shape index (κ1) is 19.2. The van der Waals surface area contributed by atoms with Crippen LogP contribution in [0.4, 0.5) is 11.4 Å². The van der Waals surface area contributed by atoms with E-state index in [0.29, 0.717) is 13.0 Å². The van der Waals surface area contributed by atoms with Gasteiger partial charge in [0.2, 0.25) is 11.8 Å². The van der Waals surface area contributed by atoms with Crippen molar-refractivity contribution in [3.8, 4) is 0 Å². The van der Waals surface area contributed by atoms with Crippen molar-refractivity contribution in [1.29, 1.82) is 0 Å². The molecule has 1 aliphatic rings. The second kappa shape index (κ2) is 7.95. The number of carbonyl (C=O) groups excluding carboxylic acids is 2. The lowest BCUT2D eigenvalue weighted by atomic mass is 10.0. The van der Waals surface area contributed by atoms with E-state index in [-0.39, 0.29) is 11.8 Å². The fourth-order valence-electron chi connectivity index (χ4n) is 4.16. The van der Waals surface area contributed by atoms with Gasteiger partial charge >= 0.3 is 0 Å². The normalized spacial score (nSPS) is 13.3. The molecule has 2 amide bonds. The minimum Gasteiger partial charge on any atom is -0.312 e. The Morgan fingerprint density at radius 1 is 1.07 bits per heavy atom. The fraction of sp³-hybridized carbons (Fsp3) is 0.391. The number of hydrogen-bond donors (Lipinski definition) is 0. The van der Waals surface area contributed by atoms with Gasteiger partial charge in [-0.2, -0.15) is 0 Å². The molecule has 2 aromatic rings. The zero-order valence-corrected chi connectivity index (χ0v) is 16.7. The molecule has 0 saturated heterocycles. The minimum absolute atomic E-state index is 0.0307. The number of fused-ring (bicyclic) bond motifs is 1. The Morgan fingerprint density at radius 3 is 2.41 bits per heavy atom. The molecule has 0 bridgehead atoms. The summed E-state index contributed by atoms with van der Waals surface area (Å²) < 4.78 is 0. The smallest absolute Gasteiger partial charge is 0.228 e. The topological polar surface area (TPSA) is 40.6 Å². The number of para-hydroxylation sites is 1. The summed E-state index contributed by atoms with van der Waals surface area (Å²) >= 11 is 0. The highest BCUT2D eigenvalue weighted by Crippen LogP contribution is 2.29. The van der Waals surface area contributed by atoms with E-state index in [9.17, 15) is 9.59 Å². The lowest BCUT2D eigenvalue weighted by Gasteiger charge is -2.31. The van der Waals surface area contributed by atoms with E-state index in [4.69, 9.17) is 0 Å². The maximum atomic E-state index is 12.9. The molecule has 142 valence electrons. The lowest BCUT2D eigenvalue weighted by molar-refractivity contribution is -0.118. The van der Waals surface area contributed by atoms with Crippen LogP contribution in [0.25, 0.3) is 0 Å². The second-order valence-electron chi connectivity index (χ2n) is 7.45. The third-order valence-corrected chi connectivity index (χ3v) is 5.25. The van der Waals surface area contributed by atoms with E-state index in [1.165, 1.54) is 11.1 Å². The van der Waals surface area contributed by atoms with Crippen LogP contribution < -0.4 is 9.80 Å². The third-order valence-electron chi connectivity index (χ3n) is 5.25. The number of carbonyl (C=O) groups is 2. The average Bonchev–Trinajstić information content (AvgIpc) is 2.62. The van der Waals surface area contributed by atoms with E-state index in [1.54, 1.807) is 11.8 Å². The summed E-state index contributed by atoms with van der Waals surface area (Å²) in [6, 6.07) is 12.3. The number of aryl methyl sites for hydroxylation is 4. The van der Waals surface area contributed by atoms with E-state index in [2.05, 4.69) is 25.1 Å². The summed E-state index contributed by atoms with van der Waals surface area (Å²) in [5, 5.41) is 0. The molecule has 0 unspecified atom stereocenters. The molecule has 3 rings (SSSR count). The van der Waals surface area contributed by atoms with Gasteiger partial charge in [-0.15, -0.1) is 0 Å². The zero-order valence-electron chi connectivity index (χ0n) is 16.7. The summed E-state index contributed by atoms with van der Waals surface area (Å²) in [7, 11) is 0. The van der Waals surface area contributed by atoms with E-state index in [0.717, 1.165) is 41.9 Å². The predicted octanol–water partition coefficient (Wildman–Crippen LogP) is 4.33. The van der Waals surface area contributed by atoms with E-state index < -0.39 is 0 Å². The standard InChI is InChI=1S/C23H28N2O2/c1-16-14-17(2)23(18(3)15-16)24(19(4)26)13-11-22(27)25-12-7-9-20-8-5-6-10-21(20)25/h5-6,8,10,14-15H,7,9,11-13H2,1-4H3. The monoisotopic (exact) mass is 364 g/mol. The Balaban J connectivity index is 1.78. The summed E-state index contributed by atoms with van der Waals surface area (Å²) in [6.07, 6.45) is 2.32. The van der Waals surface area contributed by atoms with Crippen molar-refractivity contribution >= 4 is 23.2 Å². The highest BCUT2D eigenvalue weighted by molar-refractivity contribution is 5.97. The van der Waals surface area contributed by atoms with Crippen LogP contribution in [0, 0.1) is 20.8 Å². The highest BCUT2D eigenvalue weighted by atomic mass is 16.2. The molecule has 0 spiro atoms. The quantitative estimate of drug-likeness (QED) is 0.810. The first-order chi connectivity index (χ1) is 12.9. The van der Waals surface area contributed by atoms with E-state index >= 15 is 0 Å². The Kier molecular flexibility index (Phi) is 5.64. The zero-order chi connectivity index (χ0) is 19.6. The van der Waals surface area contributed by atoms with Crippen molar-refractivity contribution in [1.82, 2.24) is 0 Å². The number of nitrogens with zero attached hydrogens (tertiary/aromatic N) is 2. The highest BCUT2D eigenvalue weighted by Gasteiger charge is 2.24. The molecule has 1 aliphatic heterocycles. The van der Waals surface area contributed by atoms with Crippen LogP contribution in [0.15, 0.2) is 36.4 Å². The predicted molar refractivity (Wildman–Crippen MR) is 110 cm³/mol. The van der Waals surface area contributed by atoms with Crippen LogP contribution in [-0.4, -0.2) is 24.9 Å². The summed E-state index contributed by atoms with van der Waals surface area (Å²) in [5.74, 6) is 0.0488. The van der Waals surface area contributed by atoms with Crippen molar-refractivity contribution in [3.63, 3.8) is 0 Å². The molecule has 0 saturated carbocycles. The van der Waals surface area contributed by atoms with Crippen LogP contribution >= 0.6 is 0 Å². The number of benzene rings is 2. The van der Waals surface area contributed by atoms with Gasteiger partial charge in [-0.25, -0.2) is 0 Å². The number of hydrogen-bond acceptors (Lipinski definition) is 2. The maximum Gasteiger partial charge on any atom is 0.228 e. The molecule has 0 fully saturated rings. The van der Waals surface area contributed by atoms with Gasteiger partial charge in [0.1, 0.15) is 0 Å². The number of anilines is 2. The van der Waals surface area contributed by atoms with Gasteiger partial charge in [0, 0.05) is 37.8 Å². The molecule has 1 heterocycles. The third kappa shape index (κ3) is 4.05. The molecule has 27 heavy (non-hydrogen) atoms. The van der Waals surface area contributed by atoms with Gasteiger partial charge in [-0.3, -0.25) is 9.59 Å². The van der Waals surface area contributed by atoms with Crippen LogP contribution in [0.3, 0.4) is 0 Å². The minimum atomic E-state index is -0.0307. The molecular formula is C23H28N2O2. The van der Waals surface area contributed by atoms with Crippen molar-refractivity contribution in [2.24, 2.45) is 0 Å². The van der Waals surface area contributed by atoms with Crippen LogP contribution in [0.1, 0.15) is 42.0 Å². The summed E-state index contributed by atoms with van der Waals surface area (Å²) in [4.78, 5) is 28.9.